The molecule has 0 saturated carbocycles. The number of hydrogen-bond acceptors (Lipinski definition) is 4. The zero-order valence-electron chi connectivity index (χ0n) is 12.1. The molecule has 23 heavy (non-hydrogen) atoms. The number of alkyl halides is 3. The van der Waals surface area contributed by atoms with Gasteiger partial charge < -0.3 is 10.1 Å². The molecule has 0 aliphatic heterocycles. The molecule has 0 radical (unpaired) electrons. The molecule has 2 aromatic rings. The summed E-state index contributed by atoms with van der Waals surface area (Å²) >= 11 is 1.48. The fourth-order valence-electron chi connectivity index (χ4n) is 1.66. The van der Waals surface area contributed by atoms with Crippen LogP contribution in [-0.2, 0) is 11.0 Å². The van der Waals surface area contributed by atoms with Gasteiger partial charge in [-0.15, -0.1) is 11.8 Å². The van der Waals surface area contributed by atoms with Crippen molar-refractivity contribution >= 4 is 23.4 Å². The first-order valence-corrected chi connectivity index (χ1v) is 7.71. The molecule has 8 heteroatoms. The van der Waals surface area contributed by atoms with E-state index in [4.69, 9.17) is 4.74 Å². The number of halogens is 3. The van der Waals surface area contributed by atoms with E-state index >= 15 is 0 Å². The van der Waals surface area contributed by atoms with Gasteiger partial charge in [0.1, 0.15) is 5.75 Å². The van der Waals surface area contributed by atoms with E-state index in [0.717, 1.165) is 17.2 Å². The molecule has 0 fully saturated rings. The Kier molecular flexibility index (Phi) is 5.49. The minimum Gasteiger partial charge on any atom is -0.484 e. The highest BCUT2D eigenvalue weighted by Crippen LogP contribution is 2.30. The lowest BCUT2D eigenvalue weighted by atomic mass is 10.2. The van der Waals surface area contributed by atoms with Gasteiger partial charge in [-0.1, -0.05) is 0 Å². The average Bonchev–Trinajstić information content (AvgIpc) is 2.53. The van der Waals surface area contributed by atoms with Crippen LogP contribution < -0.4 is 10.1 Å². The molecule has 0 atom stereocenters. The second-order valence-electron chi connectivity index (χ2n) is 4.45. The lowest BCUT2D eigenvalue weighted by Gasteiger charge is -2.09. The molecule has 0 spiro atoms. The van der Waals surface area contributed by atoms with E-state index in [2.05, 4.69) is 10.3 Å². The van der Waals surface area contributed by atoms with E-state index in [9.17, 15) is 18.0 Å². The maximum absolute atomic E-state index is 12.4. The number of nitrogens with zero attached hydrogens (tertiary/aromatic N) is 1. The Morgan fingerprint density at radius 1 is 1.22 bits per heavy atom. The Bertz CT molecular complexity index is 658. The highest BCUT2D eigenvalue weighted by molar-refractivity contribution is 7.98. The van der Waals surface area contributed by atoms with E-state index in [0.29, 0.717) is 5.69 Å². The summed E-state index contributed by atoms with van der Waals surface area (Å²) in [5.41, 5.74) is -0.252. The molecule has 0 bridgehead atoms. The monoisotopic (exact) mass is 342 g/mol. The van der Waals surface area contributed by atoms with Crippen LogP contribution in [0.4, 0.5) is 18.9 Å². The molecular formula is C15H13F3N2O2S. The number of nitrogens with one attached hydrogen (secondary N) is 1. The van der Waals surface area contributed by atoms with Crippen LogP contribution in [0.25, 0.3) is 0 Å². The van der Waals surface area contributed by atoms with Gasteiger partial charge in [-0.25, -0.2) is 4.98 Å². The van der Waals surface area contributed by atoms with Gasteiger partial charge in [0.05, 0.1) is 22.5 Å². The smallest absolute Gasteiger partial charge is 0.416 e. The zero-order chi connectivity index (χ0) is 16.9. The first-order valence-electron chi connectivity index (χ1n) is 6.48. The number of anilines is 1. The van der Waals surface area contributed by atoms with Crippen molar-refractivity contribution in [2.45, 2.75) is 11.2 Å². The summed E-state index contributed by atoms with van der Waals surface area (Å²) in [6.45, 7) is -0.310. The van der Waals surface area contributed by atoms with Gasteiger partial charge in [0.15, 0.2) is 6.61 Å². The van der Waals surface area contributed by atoms with Crippen molar-refractivity contribution in [1.82, 2.24) is 4.98 Å². The van der Waals surface area contributed by atoms with Gasteiger partial charge in [-0.3, -0.25) is 4.79 Å². The van der Waals surface area contributed by atoms with Gasteiger partial charge >= 0.3 is 6.18 Å². The first-order chi connectivity index (χ1) is 10.9. The molecule has 2 rings (SSSR count). The van der Waals surface area contributed by atoms with Crippen LogP contribution in [0.5, 0.6) is 5.75 Å². The third kappa shape index (κ3) is 5.17. The summed E-state index contributed by atoms with van der Waals surface area (Å²) in [6, 6.07) is 7.61. The molecule has 1 amide bonds. The molecule has 1 aromatic carbocycles. The van der Waals surface area contributed by atoms with Crippen molar-refractivity contribution in [3.05, 3.63) is 48.2 Å². The van der Waals surface area contributed by atoms with Crippen molar-refractivity contribution in [1.29, 1.82) is 0 Å². The standard InChI is InChI=1S/C15H13F3N2O2S/c1-23-14-7-4-11(8-19-14)20-13(21)9-22-12-5-2-10(3-6-12)15(16,17)18/h2-8H,9H2,1H3,(H,20,21). The quantitative estimate of drug-likeness (QED) is 0.839. The number of aromatic nitrogens is 1. The number of pyridine rings is 1. The van der Waals surface area contributed by atoms with Crippen LogP contribution in [0, 0.1) is 0 Å². The maximum Gasteiger partial charge on any atom is 0.416 e. The SMILES string of the molecule is CSc1ccc(NC(=O)COc2ccc(C(F)(F)F)cc2)cn1. The van der Waals surface area contributed by atoms with Gasteiger partial charge in [0, 0.05) is 0 Å². The lowest BCUT2D eigenvalue weighted by Crippen LogP contribution is -2.20. The Morgan fingerprint density at radius 3 is 2.43 bits per heavy atom. The van der Waals surface area contributed by atoms with Crippen LogP contribution >= 0.6 is 11.8 Å². The minimum absolute atomic E-state index is 0.184. The van der Waals surface area contributed by atoms with E-state index in [1.54, 1.807) is 12.1 Å². The Balaban J connectivity index is 1.86. The number of hydrogen-bond donors (Lipinski definition) is 1. The summed E-state index contributed by atoms with van der Waals surface area (Å²) in [5.74, 6) is -0.243. The van der Waals surface area contributed by atoms with Crippen molar-refractivity contribution in [2.75, 3.05) is 18.2 Å². The second kappa shape index (κ2) is 7.36. The predicted octanol–water partition coefficient (Wildman–Crippen LogP) is 3.84. The minimum atomic E-state index is -4.40. The van der Waals surface area contributed by atoms with Crippen LogP contribution in [0.3, 0.4) is 0 Å². The van der Waals surface area contributed by atoms with Gasteiger partial charge in [0.25, 0.3) is 5.91 Å². The van der Waals surface area contributed by atoms with Crippen molar-refractivity contribution < 1.29 is 22.7 Å². The summed E-state index contributed by atoms with van der Waals surface area (Å²) in [6.07, 6.45) is -0.994. The third-order valence-corrected chi connectivity index (χ3v) is 3.44. The van der Waals surface area contributed by atoms with E-state index in [1.165, 1.54) is 30.1 Å². The molecule has 122 valence electrons. The molecule has 1 heterocycles. The van der Waals surface area contributed by atoms with E-state index in [1.807, 2.05) is 6.26 Å². The summed E-state index contributed by atoms with van der Waals surface area (Å²) < 4.78 is 42.4. The van der Waals surface area contributed by atoms with Crippen LogP contribution in [-0.4, -0.2) is 23.8 Å². The van der Waals surface area contributed by atoms with Crippen molar-refractivity contribution in [3.8, 4) is 5.75 Å². The Labute approximate surface area is 135 Å². The highest BCUT2D eigenvalue weighted by Gasteiger charge is 2.30. The topological polar surface area (TPSA) is 51.2 Å². The van der Waals surface area contributed by atoms with Crippen LogP contribution in [0.2, 0.25) is 0 Å². The molecule has 0 unspecified atom stereocenters. The van der Waals surface area contributed by atoms with Crippen LogP contribution in [0.1, 0.15) is 5.56 Å². The normalized spacial score (nSPS) is 11.1. The zero-order valence-corrected chi connectivity index (χ0v) is 12.9. The molecule has 4 nitrogen and oxygen atoms in total. The third-order valence-electron chi connectivity index (χ3n) is 2.78. The number of carbonyl (C=O) groups excluding carboxylic acids is 1. The highest BCUT2D eigenvalue weighted by atomic mass is 32.2. The first kappa shape index (κ1) is 17.1. The average molecular weight is 342 g/mol. The van der Waals surface area contributed by atoms with E-state index in [-0.39, 0.29) is 12.4 Å². The molecule has 1 N–H and O–H groups in total. The second-order valence-corrected chi connectivity index (χ2v) is 5.27. The summed E-state index contributed by atoms with van der Waals surface area (Å²) in [5, 5.41) is 3.41. The molecule has 1 aromatic heterocycles. The number of carbonyl (C=O) groups is 1. The molecule has 0 aliphatic rings. The Hall–Kier alpha value is -2.22. The fourth-order valence-corrected chi connectivity index (χ4v) is 2.02. The number of benzene rings is 1. The number of ether oxygens (including phenoxy) is 1. The van der Waals surface area contributed by atoms with Crippen molar-refractivity contribution in [2.24, 2.45) is 0 Å². The summed E-state index contributed by atoms with van der Waals surface area (Å²) in [4.78, 5) is 15.8. The number of rotatable bonds is 5. The lowest BCUT2D eigenvalue weighted by molar-refractivity contribution is -0.137. The van der Waals surface area contributed by atoms with Crippen LogP contribution in [0.15, 0.2) is 47.6 Å². The fraction of sp³-hybridized carbons (Fsp3) is 0.200. The van der Waals surface area contributed by atoms with Gasteiger partial charge in [-0.2, -0.15) is 13.2 Å². The summed E-state index contributed by atoms with van der Waals surface area (Å²) in [7, 11) is 0. The Morgan fingerprint density at radius 2 is 1.91 bits per heavy atom. The van der Waals surface area contributed by atoms with Gasteiger partial charge in [-0.05, 0) is 42.7 Å². The maximum atomic E-state index is 12.4. The molecule has 0 aliphatic carbocycles. The molecular weight excluding hydrogens is 329 g/mol. The largest absolute Gasteiger partial charge is 0.484 e. The number of amides is 1. The van der Waals surface area contributed by atoms with E-state index < -0.39 is 17.6 Å². The predicted molar refractivity (Wildman–Crippen MR) is 81.6 cm³/mol. The van der Waals surface area contributed by atoms with Crippen molar-refractivity contribution in [3.63, 3.8) is 0 Å². The van der Waals surface area contributed by atoms with Gasteiger partial charge in [0.2, 0.25) is 0 Å². The number of thioether (sulfide) groups is 1. The molecule has 0 saturated heterocycles.